The maximum Gasteiger partial charge on any atom is 0.407 e. The highest BCUT2D eigenvalue weighted by atomic mass is 16.6. The Kier molecular flexibility index (Phi) is 41.9. The normalized spacial score (nSPS) is 12.5. The van der Waals surface area contributed by atoms with Gasteiger partial charge >= 0.3 is 6.09 Å². The largest absolute Gasteiger partial charge is 0.450 e. The van der Waals surface area contributed by atoms with Gasteiger partial charge in [-0.2, -0.15) is 0 Å². The summed E-state index contributed by atoms with van der Waals surface area (Å²) in [4.78, 5) is 14.3. The number of unbranched alkanes of at least 4 members (excludes halogenated alkanes) is 24. The molecule has 0 rings (SSSR count). The molecule has 0 aliphatic heterocycles. The number of nitrogens with zero attached hydrogens (tertiary/aromatic N) is 1. The van der Waals surface area contributed by atoms with Crippen LogP contribution in [-0.2, 0) is 14.2 Å². The molecular weight excluding hydrogens is 633 g/mol. The van der Waals surface area contributed by atoms with Crippen LogP contribution >= 0.6 is 0 Å². The zero-order valence-electron chi connectivity index (χ0n) is 34.7. The average Bonchev–Trinajstić information content (AvgIpc) is 3.12. The summed E-state index contributed by atoms with van der Waals surface area (Å²) in [7, 11) is 4.05. The van der Waals surface area contributed by atoms with E-state index in [4.69, 9.17) is 14.2 Å². The molecule has 0 aromatic rings. The van der Waals surface area contributed by atoms with Crippen LogP contribution in [0.25, 0.3) is 0 Å². The van der Waals surface area contributed by atoms with E-state index in [1.807, 2.05) is 14.1 Å². The summed E-state index contributed by atoms with van der Waals surface area (Å²) in [6.07, 6.45) is 46.4. The van der Waals surface area contributed by atoms with Crippen molar-refractivity contribution in [2.75, 3.05) is 53.6 Å². The van der Waals surface area contributed by atoms with E-state index in [0.29, 0.717) is 26.4 Å². The third-order valence-corrected chi connectivity index (χ3v) is 9.57. The molecule has 6 nitrogen and oxygen atoms in total. The van der Waals surface area contributed by atoms with Crippen molar-refractivity contribution in [3.05, 3.63) is 24.3 Å². The van der Waals surface area contributed by atoms with E-state index in [2.05, 4.69) is 48.4 Å². The smallest absolute Gasteiger partial charge is 0.407 e. The van der Waals surface area contributed by atoms with Crippen molar-refractivity contribution in [3.8, 4) is 0 Å². The second kappa shape index (κ2) is 43.0. The van der Waals surface area contributed by atoms with Crippen LogP contribution in [0, 0.1) is 0 Å². The standard InChI is InChI=1S/C45H88N2O4/c1-5-7-9-11-13-15-17-19-21-23-25-27-29-31-33-35-39-49-43-44(42-46-45(48)51-41-37-38-47(3)4)50-40-36-34-32-30-28-26-24-22-20-18-16-14-12-10-8-6-2/h19-22,44H,5-18,23-43H2,1-4H3,(H,46,48)/b21-19-,22-20-. The van der Waals surface area contributed by atoms with E-state index >= 15 is 0 Å². The van der Waals surface area contributed by atoms with Gasteiger partial charge in [0, 0.05) is 26.3 Å². The van der Waals surface area contributed by atoms with E-state index in [9.17, 15) is 4.79 Å². The molecule has 0 spiro atoms. The SMILES string of the molecule is CCCCCCCC/C=C\CCCCCCCCOCC(CNC(=O)OCCCN(C)C)OCCCCCCCC/C=C\CCCCCCCC. The number of carbonyl (C=O) groups is 1. The van der Waals surface area contributed by atoms with Crippen molar-refractivity contribution in [1.82, 2.24) is 10.2 Å². The fourth-order valence-corrected chi connectivity index (χ4v) is 6.23. The minimum absolute atomic E-state index is 0.142. The third-order valence-electron chi connectivity index (χ3n) is 9.57. The first-order valence-electron chi connectivity index (χ1n) is 22.1. The zero-order valence-corrected chi connectivity index (χ0v) is 34.7. The van der Waals surface area contributed by atoms with E-state index < -0.39 is 0 Å². The van der Waals surface area contributed by atoms with Gasteiger partial charge < -0.3 is 24.4 Å². The number of nitrogens with one attached hydrogen (secondary N) is 1. The Morgan fingerprint density at radius 1 is 0.529 bits per heavy atom. The highest BCUT2D eigenvalue weighted by Gasteiger charge is 2.12. The summed E-state index contributed by atoms with van der Waals surface area (Å²) >= 11 is 0. The molecule has 0 fully saturated rings. The minimum Gasteiger partial charge on any atom is -0.450 e. The maximum atomic E-state index is 12.2. The van der Waals surface area contributed by atoms with Gasteiger partial charge in [-0.25, -0.2) is 4.79 Å². The number of alkyl carbamates (subject to hydrolysis) is 1. The Balaban J connectivity index is 3.98. The Labute approximate surface area is 318 Å². The molecule has 51 heavy (non-hydrogen) atoms. The monoisotopic (exact) mass is 721 g/mol. The summed E-state index contributed by atoms with van der Waals surface area (Å²) in [5, 5.41) is 2.90. The molecule has 1 N–H and O–H groups in total. The molecule has 1 amide bonds. The first kappa shape index (κ1) is 49.6. The number of ether oxygens (including phenoxy) is 3. The van der Waals surface area contributed by atoms with Crippen LogP contribution in [0.15, 0.2) is 24.3 Å². The van der Waals surface area contributed by atoms with Crippen LogP contribution in [0.2, 0.25) is 0 Å². The molecule has 1 atom stereocenters. The second-order valence-corrected chi connectivity index (χ2v) is 15.1. The lowest BCUT2D eigenvalue weighted by Crippen LogP contribution is -2.37. The van der Waals surface area contributed by atoms with Gasteiger partial charge in [0.25, 0.3) is 0 Å². The van der Waals surface area contributed by atoms with Gasteiger partial charge in [-0.1, -0.05) is 154 Å². The number of rotatable bonds is 41. The van der Waals surface area contributed by atoms with Crippen molar-refractivity contribution < 1.29 is 19.0 Å². The molecule has 0 bridgehead atoms. The lowest BCUT2D eigenvalue weighted by atomic mass is 10.1. The molecule has 302 valence electrons. The topological polar surface area (TPSA) is 60.0 Å². The zero-order chi connectivity index (χ0) is 37.1. The lowest BCUT2D eigenvalue weighted by Gasteiger charge is -2.19. The summed E-state index contributed by atoms with van der Waals surface area (Å²) < 4.78 is 17.5. The van der Waals surface area contributed by atoms with E-state index in [0.717, 1.165) is 32.4 Å². The van der Waals surface area contributed by atoms with E-state index in [-0.39, 0.29) is 12.2 Å². The number of allylic oxidation sites excluding steroid dienone is 4. The Bertz CT molecular complexity index is 742. The number of hydrogen-bond donors (Lipinski definition) is 1. The number of hydrogen-bond acceptors (Lipinski definition) is 5. The van der Waals surface area contributed by atoms with Gasteiger partial charge in [-0.3, -0.25) is 0 Å². The molecule has 0 aromatic carbocycles. The molecular formula is C45H88N2O4. The van der Waals surface area contributed by atoms with Crippen LogP contribution in [0.4, 0.5) is 4.79 Å². The maximum absolute atomic E-state index is 12.2. The predicted molar refractivity (Wildman–Crippen MR) is 222 cm³/mol. The van der Waals surface area contributed by atoms with Crippen LogP contribution in [0.1, 0.15) is 200 Å². The van der Waals surface area contributed by atoms with Gasteiger partial charge in [-0.15, -0.1) is 0 Å². The van der Waals surface area contributed by atoms with Crippen molar-refractivity contribution >= 4 is 6.09 Å². The molecule has 0 aliphatic carbocycles. The molecule has 0 radical (unpaired) electrons. The molecule has 1 unspecified atom stereocenters. The summed E-state index contributed by atoms with van der Waals surface area (Å²) in [5.41, 5.74) is 0. The number of amides is 1. The van der Waals surface area contributed by atoms with Crippen LogP contribution < -0.4 is 5.32 Å². The highest BCUT2D eigenvalue weighted by molar-refractivity contribution is 5.67. The third kappa shape index (κ3) is 42.9. The molecule has 0 saturated heterocycles. The number of carbonyl (C=O) groups excluding carboxylic acids is 1. The van der Waals surface area contributed by atoms with Gasteiger partial charge in [0.1, 0.15) is 0 Å². The van der Waals surface area contributed by atoms with Gasteiger partial charge in [0.05, 0.1) is 19.3 Å². The Morgan fingerprint density at radius 2 is 0.941 bits per heavy atom. The lowest BCUT2D eigenvalue weighted by molar-refractivity contribution is -0.0175. The van der Waals surface area contributed by atoms with Crippen molar-refractivity contribution in [3.63, 3.8) is 0 Å². The molecule has 0 heterocycles. The molecule has 0 saturated carbocycles. The van der Waals surface area contributed by atoms with Crippen molar-refractivity contribution in [1.29, 1.82) is 0 Å². The fraction of sp³-hybridized carbons (Fsp3) is 0.889. The average molecular weight is 721 g/mol. The summed E-state index contributed by atoms with van der Waals surface area (Å²) in [6.45, 7) is 8.29. The second-order valence-electron chi connectivity index (χ2n) is 15.1. The minimum atomic E-state index is -0.368. The molecule has 0 aliphatic rings. The van der Waals surface area contributed by atoms with Crippen LogP contribution in [-0.4, -0.2) is 70.7 Å². The van der Waals surface area contributed by atoms with Crippen LogP contribution in [0.3, 0.4) is 0 Å². The van der Waals surface area contributed by atoms with E-state index in [1.54, 1.807) is 0 Å². The molecule has 6 heteroatoms. The van der Waals surface area contributed by atoms with Gasteiger partial charge in [-0.05, 0) is 84.7 Å². The molecule has 0 aromatic heterocycles. The Hall–Kier alpha value is -1.37. The van der Waals surface area contributed by atoms with Crippen molar-refractivity contribution in [2.24, 2.45) is 0 Å². The quantitative estimate of drug-likeness (QED) is 0.0503. The summed E-state index contributed by atoms with van der Waals surface area (Å²) in [6, 6.07) is 0. The Morgan fingerprint density at radius 3 is 1.39 bits per heavy atom. The highest BCUT2D eigenvalue weighted by Crippen LogP contribution is 2.12. The fourth-order valence-electron chi connectivity index (χ4n) is 6.23. The predicted octanol–water partition coefficient (Wildman–Crippen LogP) is 13.1. The van der Waals surface area contributed by atoms with Gasteiger partial charge in [0.15, 0.2) is 0 Å². The van der Waals surface area contributed by atoms with E-state index in [1.165, 1.54) is 167 Å². The van der Waals surface area contributed by atoms with Crippen molar-refractivity contribution in [2.45, 2.75) is 206 Å². The van der Waals surface area contributed by atoms with Crippen LogP contribution in [0.5, 0.6) is 0 Å². The van der Waals surface area contributed by atoms with Gasteiger partial charge in [0.2, 0.25) is 0 Å². The first-order valence-corrected chi connectivity index (χ1v) is 22.1. The summed E-state index contributed by atoms with van der Waals surface area (Å²) in [5.74, 6) is 0. The first-order chi connectivity index (χ1) is 25.1.